The van der Waals surface area contributed by atoms with Gasteiger partial charge in [0.15, 0.2) is 0 Å². The first-order chi connectivity index (χ1) is 10.1. The van der Waals surface area contributed by atoms with Crippen LogP contribution in [0.2, 0.25) is 0 Å². The lowest BCUT2D eigenvalue weighted by Crippen LogP contribution is -2.34. The van der Waals surface area contributed by atoms with Gasteiger partial charge in [-0.2, -0.15) is 0 Å². The van der Waals surface area contributed by atoms with Crippen molar-refractivity contribution >= 4 is 22.0 Å². The van der Waals surface area contributed by atoms with Gasteiger partial charge < -0.3 is 20.3 Å². The van der Waals surface area contributed by atoms with Crippen molar-refractivity contribution in [1.82, 2.24) is 5.32 Å². The Labute approximate surface area is 139 Å². The number of carbonyl (C=O) groups excluding carboxylic acids is 1. The second kappa shape index (κ2) is 7.94. The van der Waals surface area contributed by atoms with Crippen LogP contribution >= 0.6 is 15.9 Å². The number of hydrogen-bond donors (Lipinski definition) is 3. The summed E-state index contributed by atoms with van der Waals surface area (Å²) in [7, 11) is 0. The number of alkyl carbamates (subject to hydrolysis) is 1. The smallest absolute Gasteiger partial charge is 0.407 e. The topological polar surface area (TPSA) is 78.8 Å². The number of aryl methyl sites for hydroxylation is 1. The zero-order chi connectivity index (χ0) is 16.9. The van der Waals surface area contributed by atoms with Crippen LogP contribution in [0.1, 0.15) is 44.4 Å². The lowest BCUT2D eigenvalue weighted by atomic mass is 10.0. The average Bonchev–Trinajstić information content (AvgIpc) is 2.38. The lowest BCUT2D eigenvalue weighted by Gasteiger charge is -2.21. The number of ether oxygens (including phenoxy) is 1. The number of aliphatic hydroxyl groups is 2. The van der Waals surface area contributed by atoms with E-state index in [2.05, 4.69) is 21.2 Å². The number of aliphatic hydroxyl groups excluding tert-OH is 2. The summed E-state index contributed by atoms with van der Waals surface area (Å²) < 4.78 is 6.04. The number of rotatable bonds is 5. The maximum absolute atomic E-state index is 11.5. The Morgan fingerprint density at radius 2 is 2.00 bits per heavy atom. The van der Waals surface area contributed by atoms with E-state index in [0.29, 0.717) is 5.56 Å². The molecule has 124 valence electrons. The molecule has 2 unspecified atom stereocenters. The molecule has 1 aromatic carbocycles. The van der Waals surface area contributed by atoms with Crippen LogP contribution in [-0.4, -0.2) is 34.6 Å². The fraction of sp³-hybridized carbons (Fsp3) is 0.562. The van der Waals surface area contributed by atoms with Crippen molar-refractivity contribution < 1.29 is 19.7 Å². The van der Waals surface area contributed by atoms with E-state index in [1.54, 1.807) is 26.8 Å². The average molecular weight is 374 g/mol. The van der Waals surface area contributed by atoms with Crippen molar-refractivity contribution in [2.75, 3.05) is 6.54 Å². The van der Waals surface area contributed by atoms with Gasteiger partial charge in [-0.15, -0.1) is 0 Å². The maximum atomic E-state index is 11.5. The zero-order valence-electron chi connectivity index (χ0n) is 13.4. The summed E-state index contributed by atoms with van der Waals surface area (Å²) in [4.78, 5) is 11.5. The number of hydrogen-bond acceptors (Lipinski definition) is 4. The molecule has 3 N–H and O–H groups in total. The number of carbonyl (C=O) groups is 1. The Hall–Kier alpha value is -1.11. The Bertz CT molecular complexity index is 513. The highest BCUT2D eigenvalue weighted by molar-refractivity contribution is 9.10. The predicted octanol–water partition coefficient (Wildman–Crippen LogP) is 3.07. The summed E-state index contributed by atoms with van der Waals surface area (Å²) >= 11 is 3.39. The largest absolute Gasteiger partial charge is 0.444 e. The molecule has 5 nitrogen and oxygen atoms in total. The summed E-state index contributed by atoms with van der Waals surface area (Å²) in [6.07, 6.45) is -2.26. The highest BCUT2D eigenvalue weighted by Gasteiger charge is 2.20. The van der Waals surface area contributed by atoms with Crippen molar-refractivity contribution in [1.29, 1.82) is 0 Å². The fourth-order valence-electron chi connectivity index (χ4n) is 1.87. The van der Waals surface area contributed by atoms with E-state index in [0.717, 1.165) is 10.0 Å². The quantitative estimate of drug-likeness (QED) is 0.740. The monoisotopic (exact) mass is 373 g/mol. The Morgan fingerprint density at radius 1 is 1.36 bits per heavy atom. The molecular weight excluding hydrogens is 350 g/mol. The molecule has 0 bridgehead atoms. The third kappa shape index (κ3) is 6.34. The standard InChI is InChI=1S/C16H24BrNO4/c1-10-9-11(5-6-12(10)17)14(20)13(19)7-8-18-15(21)22-16(2,3)4/h5-6,9,13-14,19-20H,7-8H2,1-4H3,(H,18,21). The van der Waals surface area contributed by atoms with Gasteiger partial charge in [0.2, 0.25) is 0 Å². The molecule has 0 fully saturated rings. The first kappa shape index (κ1) is 18.9. The van der Waals surface area contributed by atoms with Crippen LogP contribution in [-0.2, 0) is 4.74 Å². The molecule has 0 saturated carbocycles. The highest BCUT2D eigenvalue weighted by Crippen LogP contribution is 2.24. The molecule has 6 heteroatoms. The Morgan fingerprint density at radius 3 is 2.55 bits per heavy atom. The second-order valence-corrected chi connectivity index (χ2v) is 7.09. The number of halogens is 1. The van der Waals surface area contributed by atoms with E-state index in [9.17, 15) is 15.0 Å². The van der Waals surface area contributed by atoms with Gasteiger partial charge in [0.1, 0.15) is 11.7 Å². The third-order valence-corrected chi connectivity index (χ3v) is 3.89. The highest BCUT2D eigenvalue weighted by atomic mass is 79.9. The van der Waals surface area contributed by atoms with E-state index >= 15 is 0 Å². The molecule has 1 rings (SSSR count). The van der Waals surface area contributed by atoms with Crippen LogP contribution < -0.4 is 5.32 Å². The number of benzene rings is 1. The van der Waals surface area contributed by atoms with Crippen LogP contribution in [0.4, 0.5) is 4.79 Å². The molecule has 0 aromatic heterocycles. The SMILES string of the molecule is Cc1cc(C(O)C(O)CCNC(=O)OC(C)(C)C)ccc1Br. The molecule has 0 aliphatic rings. The van der Waals surface area contributed by atoms with Crippen LogP contribution in [0.15, 0.2) is 22.7 Å². The molecule has 0 aliphatic carbocycles. The van der Waals surface area contributed by atoms with Crippen molar-refractivity contribution in [3.63, 3.8) is 0 Å². The second-order valence-electron chi connectivity index (χ2n) is 6.24. The van der Waals surface area contributed by atoms with Gasteiger partial charge in [-0.3, -0.25) is 0 Å². The summed E-state index contributed by atoms with van der Waals surface area (Å²) in [6, 6.07) is 5.41. The van der Waals surface area contributed by atoms with Gasteiger partial charge in [-0.1, -0.05) is 28.1 Å². The number of nitrogens with one attached hydrogen (secondary N) is 1. The molecular formula is C16H24BrNO4. The van der Waals surface area contributed by atoms with E-state index in [1.165, 1.54) is 0 Å². The maximum Gasteiger partial charge on any atom is 0.407 e. The van der Waals surface area contributed by atoms with Crippen molar-refractivity contribution in [3.8, 4) is 0 Å². The minimum absolute atomic E-state index is 0.225. The van der Waals surface area contributed by atoms with Gasteiger partial charge >= 0.3 is 6.09 Å². The van der Waals surface area contributed by atoms with E-state index in [-0.39, 0.29) is 13.0 Å². The minimum Gasteiger partial charge on any atom is -0.444 e. The summed E-state index contributed by atoms with van der Waals surface area (Å²) in [6.45, 7) is 7.47. The van der Waals surface area contributed by atoms with E-state index in [1.807, 2.05) is 19.1 Å². The summed E-state index contributed by atoms with van der Waals surface area (Å²) in [5.41, 5.74) is 1.07. The molecule has 0 spiro atoms. The van der Waals surface area contributed by atoms with Crippen LogP contribution in [0, 0.1) is 6.92 Å². The first-order valence-electron chi connectivity index (χ1n) is 7.19. The molecule has 2 atom stereocenters. The predicted molar refractivity (Wildman–Crippen MR) is 88.7 cm³/mol. The molecule has 1 amide bonds. The van der Waals surface area contributed by atoms with E-state index in [4.69, 9.17) is 4.74 Å². The van der Waals surface area contributed by atoms with Gasteiger partial charge in [0.05, 0.1) is 6.10 Å². The van der Waals surface area contributed by atoms with Gasteiger partial charge in [0.25, 0.3) is 0 Å². The molecule has 0 heterocycles. The molecule has 1 aromatic rings. The Kier molecular flexibility index (Phi) is 6.84. The van der Waals surface area contributed by atoms with Crippen LogP contribution in [0.25, 0.3) is 0 Å². The van der Waals surface area contributed by atoms with Gasteiger partial charge in [-0.05, 0) is 51.3 Å². The molecule has 0 aliphatic heterocycles. The van der Waals surface area contributed by atoms with Gasteiger partial charge in [-0.25, -0.2) is 4.79 Å². The van der Waals surface area contributed by atoms with Crippen LogP contribution in [0.3, 0.4) is 0 Å². The molecule has 0 radical (unpaired) electrons. The fourth-order valence-corrected chi connectivity index (χ4v) is 2.11. The third-order valence-electron chi connectivity index (χ3n) is 3.00. The van der Waals surface area contributed by atoms with Crippen molar-refractivity contribution in [3.05, 3.63) is 33.8 Å². The summed E-state index contributed by atoms with van der Waals surface area (Å²) in [5, 5.41) is 22.7. The summed E-state index contributed by atoms with van der Waals surface area (Å²) in [5.74, 6) is 0. The molecule has 22 heavy (non-hydrogen) atoms. The minimum atomic E-state index is -0.993. The Balaban J connectivity index is 2.46. The normalized spacial score (nSPS) is 14.3. The first-order valence-corrected chi connectivity index (χ1v) is 7.98. The number of amides is 1. The van der Waals surface area contributed by atoms with Gasteiger partial charge in [0, 0.05) is 11.0 Å². The van der Waals surface area contributed by atoms with E-state index < -0.39 is 23.9 Å². The molecule has 0 saturated heterocycles. The van der Waals surface area contributed by atoms with Crippen molar-refractivity contribution in [2.45, 2.75) is 51.9 Å². The van der Waals surface area contributed by atoms with Crippen LogP contribution in [0.5, 0.6) is 0 Å². The van der Waals surface area contributed by atoms with Crippen molar-refractivity contribution in [2.24, 2.45) is 0 Å². The zero-order valence-corrected chi connectivity index (χ0v) is 15.0. The lowest BCUT2D eigenvalue weighted by molar-refractivity contribution is 0.0123.